The molecule has 3 aromatic rings. The van der Waals surface area contributed by atoms with Crippen molar-refractivity contribution in [1.82, 2.24) is 0 Å². The first-order chi connectivity index (χ1) is 23.8. The highest BCUT2D eigenvalue weighted by Gasteiger charge is 2.14. The second-order valence-electron chi connectivity index (χ2n) is 11.8. The van der Waals surface area contributed by atoms with Crippen molar-refractivity contribution in [2.45, 2.75) is 78.6 Å². The van der Waals surface area contributed by atoms with Gasteiger partial charge in [-0.15, -0.1) is 10.2 Å². The maximum atomic E-state index is 12.2. The van der Waals surface area contributed by atoms with Crippen LogP contribution >= 0.6 is 0 Å². The number of carbonyl (C=O) groups excluding carboxylic acids is 1. The van der Waals surface area contributed by atoms with Crippen molar-refractivity contribution >= 4 is 40.1 Å². The van der Waals surface area contributed by atoms with E-state index in [-0.39, 0.29) is 17.6 Å². The molecule has 12 nitrogen and oxygen atoms in total. The minimum absolute atomic E-state index is 0.0292. The fraction of sp³-hybridized carbons (Fsp3) is 0.486. The maximum absolute atomic E-state index is 12.2. The van der Waals surface area contributed by atoms with Crippen molar-refractivity contribution in [2.24, 2.45) is 26.4 Å². The quantitative estimate of drug-likeness (QED) is 0.0339. The molecule has 1 unspecified atom stereocenters. The van der Waals surface area contributed by atoms with E-state index in [9.17, 15) is 14.9 Å². The Hall–Kier alpha value is -4.87. The summed E-state index contributed by atoms with van der Waals surface area (Å²) in [4.78, 5) is 25.0. The molecule has 0 bridgehead atoms. The number of benzene rings is 3. The summed E-state index contributed by atoms with van der Waals surface area (Å²) < 4.78 is 16.6. The molecule has 0 N–H and O–H groups in total. The lowest BCUT2D eigenvalue weighted by molar-refractivity contribution is -0.384. The molecule has 0 amide bonds. The van der Waals surface area contributed by atoms with Crippen LogP contribution in [0.2, 0.25) is 0 Å². The maximum Gasteiger partial charge on any atom is 0.308 e. The number of esters is 1. The molecular formula is C37H50N6O6. The summed E-state index contributed by atoms with van der Waals surface area (Å²) in [5, 5.41) is 28.2. The summed E-state index contributed by atoms with van der Waals surface area (Å²) in [6.07, 6.45) is 10.7. The Morgan fingerprint density at radius 1 is 0.755 bits per heavy atom. The van der Waals surface area contributed by atoms with Crippen LogP contribution in [0, 0.1) is 16.0 Å². The van der Waals surface area contributed by atoms with Gasteiger partial charge in [-0.2, -0.15) is 10.2 Å². The number of nitro benzene ring substituents is 1. The van der Waals surface area contributed by atoms with E-state index in [0.29, 0.717) is 47.4 Å². The third kappa shape index (κ3) is 12.9. The molecular weight excluding hydrogens is 624 g/mol. The highest BCUT2D eigenvalue weighted by atomic mass is 16.6. The molecule has 3 rings (SSSR count). The van der Waals surface area contributed by atoms with Crippen molar-refractivity contribution in [2.75, 3.05) is 38.8 Å². The van der Waals surface area contributed by atoms with Gasteiger partial charge in [0.2, 0.25) is 0 Å². The van der Waals surface area contributed by atoms with Crippen LogP contribution in [0.1, 0.15) is 78.6 Å². The summed E-state index contributed by atoms with van der Waals surface area (Å²) in [5.41, 5.74) is 2.94. The van der Waals surface area contributed by atoms with Crippen LogP contribution in [0.4, 0.5) is 34.1 Å². The zero-order valence-corrected chi connectivity index (χ0v) is 29.5. The lowest BCUT2D eigenvalue weighted by Crippen LogP contribution is -2.30. The second kappa shape index (κ2) is 21.2. The van der Waals surface area contributed by atoms with Gasteiger partial charge in [0.05, 0.1) is 43.0 Å². The first kappa shape index (κ1) is 38.6. The first-order valence-electron chi connectivity index (χ1n) is 17.1. The van der Waals surface area contributed by atoms with E-state index in [4.69, 9.17) is 14.2 Å². The SMILES string of the molecule is CCCCCCCCCCN(CCOC(=O)C(C)CC)c1ccc(/N=N/c2cc(OC)c(/N=N/c3ccc([N+](=O)[O-])cc3)cc2OC)cc1. The van der Waals surface area contributed by atoms with Crippen LogP contribution in [0.15, 0.2) is 81.1 Å². The number of hydrogen-bond acceptors (Lipinski definition) is 11. The number of hydrogen-bond donors (Lipinski definition) is 0. The fourth-order valence-corrected chi connectivity index (χ4v) is 4.99. The number of nitrogens with zero attached hydrogens (tertiary/aromatic N) is 6. The molecule has 0 saturated carbocycles. The van der Waals surface area contributed by atoms with E-state index in [0.717, 1.165) is 25.1 Å². The minimum Gasteiger partial charge on any atom is -0.494 e. The first-order valence-corrected chi connectivity index (χ1v) is 17.1. The van der Waals surface area contributed by atoms with Crippen molar-refractivity contribution < 1.29 is 23.9 Å². The van der Waals surface area contributed by atoms with E-state index in [1.807, 2.05) is 38.1 Å². The van der Waals surface area contributed by atoms with Crippen molar-refractivity contribution in [1.29, 1.82) is 0 Å². The summed E-state index contributed by atoms with van der Waals surface area (Å²) in [5.74, 6) is 0.564. The Labute approximate surface area is 289 Å². The van der Waals surface area contributed by atoms with Crippen molar-refractivity contribution in [3.05, 3.63) is 70.8 Å². The Morgan fingerprint density at radius 3 is 1.76 bits per heavy atom. The molecule has 0 saturated heterocycles. The topological polar surface area (TPSA) is 141 Å². The molecule has 0 aliphatic heterocycles. The molecule has 49 heavy (non-hydrogen) atoms. The largest absolute Gasteiger partial charge is 0.494 e. The van der Waals surface area contributed by atoms with Gasteiger partial charge >= 0.3 is 5.97 Å². The van der Waals surface area contributed by atoms with Crippen molar-refractivity contribution in [3.8, 4) is 11.5 Å². The van der Waals surface area contributed by atoms with Crippen LogP contribution in [0.3, 0.4) is 0 Å². The van der Waals surface area contributed by atoms with E-state index >= 15 is 0 Å². The zero-order chi connectivity index (χ0) is 35.4. The van der Waals surface area contributed by atoms with E-state index in [2.05, 4.69) is 32.3 Å². The van der Waals surface area contributed by atoms with Crippen molar-refractivity contribution in [3.63, 3.8) is 0 Å². The zero-order valence-electron chi connectivity index (χ0n) is 29.5. The third-order valence-electron chi connectivity index (χ3n) is 8.20. The molecule has 0 spiro atoms. The molecule has 0 aliphatic carbocycles. The number of unbranched alkanes of at least 4 members (excludes halogenated alkanes) is 7. The predicted octanol–water partition coefficient (Wildman–Crippen LogP) is 11.0. The normalized spacial score (nSPS) is 11.9. The van der Waals surface area contributed by atoms with Gasteiger partial charge in [0.15, 0.2) is 0 Å². The Balaban J connectivity index is 1.69. The van der Waals surface area contributed by atoms with Gasteiger partial charge in [0.1, 0.15) is 29.5 Å². The van der Waals surface area contributed by atoms with Crippen LogP contribution in [-0.4, -0.2) is 44.8 Å². The van der Waals surface area contributed by atoms with Gasteiger partial charge in [0, 0.05) is 36.5 Å². The Kier molecular flexibility index (Phi) is 16.7. The number of anilines is 1. The van der Waals surface area contributed by atoms with Gasteiger partial charge in [0.25, 0.3) is 5.69 Å². The lowest BCUT2D eigenvalue weighted by Gasteiger charge is -2.25. The fourth-order valence-electron chi connectivity index (χ4n) is 4.99. The van der Waals surface area contributed by atoms with Crippen LogP contribution in [-0.2, 0) is 9.53 Å². The highest BCUT2D eigenvalue weighted by Crippen LogP contribution is 2.41. The molecule has 12 heteroatoms. The number of nitro groups is 1. The molecule has 1 atom stereocenters. The number of ether oxygens (including phenoxy) is 3. The standard InChI is InChI=1S/C37H50N6O6/c1-6-8-9-10-11-12-13-14-23-42(24-25-49-37(44)28(3)7-2)31-19-15-29(16-20-31)38-40-33-26-36(48-5)34(27-35(33)47-4)41-39-30-17-21-32(22-18-30)43(45)46/h15-22,26-28H,6-14,23-25H2,1-5H3/b40-38+,41-39+. The highest BCUT2D eigenvalue weighted by molar-refractivity contribution is 5.72. The molecule has 0 aromatic heterocycles. The Bertz CT molecular complexity index is 1510. The molecule has 264 valence electrons. The third-order valence-corrected chi connectivity index (χ3v) is 8.20. The average Bonchev–Trinajstić information content (AvgIpc) is 3.13. The number of carbonyl (C=O) groups is 1. The van der Waals surface area contributed by atoms with Gasteiger partial charge in [-0.25, -0.2) is 0 Å². The minimum atomic E-state index is -0.472. The van der Waals surface area contributed by atoms with E-state index < -0.39 is 4.92 Å². The molecule has 0 fully saturated rings. The van der Waals surface area contributed by atoms with Gasteiger partial charge in [-0.05, 0) is 49.2 Å². The number of non-ortho nitro benzene ring substituents is 1. The Morgan fingerprint density at radius 2 is 1.27 bits per heavy atom. The summed E-state index contributed by atoms with van der Waals surface area (Å²) in [7, 11) is 3.03. The van der Waals surface area contributed by atoms with Crippen LogP contribution < -0.4 is 14.4 Å². The van der Waals surface area contributed by atoms with Crippen LogP contribution in [0.25, 0.3) is 0 Å². The van der Waals surface area contributed by atoms with E-state index in [1.54, 1.807) is 12.1 Å². The predicted molar refractivity (Wildman–Crippen MR) is 193 cm³/mol. The second-order valence-corrected chi connectivity index (χ2v) is 11.8. The lowest BCUT2D eigenvalue weighted by atomic mass is 10.1. The number of azo groups is 2. The monoisotopic (exact) mass is 674 g/mol. The molecule has 0 aliphatic rings. The number of methoxy groups -OCH3 is 2. The molecule has 3 aromatic carbocycles. The van der Waals surface area contributed by atoms with Crippen LogP contribution in [0.5, 0.6) is 11.5 Å². The summed E-state index contributed by atoms with van der Waals surface area (Å²) in [6.45, 7) is 7.95. The number of rotatable bonds is 22. The smallest absolute Gasteiger partial charge is 0.308 e. The van der Waals surface area contributed by atoms with Gasteiger partial charge in [-0.1, -0.05) is 65.7 Å². The molecule has 0 heterocycles. The summed E-state index contributed by atoms with van der Waals surface area (Å²) >= 11 is 0. The van der Waals surface area contributed by atoms with Gasteiger partial charge in [-0.3, -0.25) is 14.9 Å². The summed E-state index contributed by atoms with van der Waals surface area (Å²) in [6, 6.07) is 16.9. The van der Waals surface area contributed by atoms with E-state index in [1.165, 1.54) is 83.4 Å². The molecule has 0 radical (unpaired) electrons. The average molecular weight is 675 g/mol. The van der Waals surface area contributed by atoms with Gasteiger partial charge < -0.3 is 19.1 Å².